The largest absolute Gasteiger partial charge is 0.365 e. The molecule has 0 spiro atoms. The summed E-state index contributed by atoms with van der Waals surface area (Å²) in [5, 5.41) is 0. The summed E-state index contributed by atoms with van der Waals surface area (Å²) in [6.07, 6.45) is 11.4. The number of hydrogen-bond acceptors (Lipinski definition) is 0. The molecule has 0 radical (unpaired) electrons. The maximum absolute atomic E-state index is 3.50. The first-order chi connectivity index (χ1) is 13.5. The molecule has 0 unspecified atom stereocenters. The van der Waals surface area contributed by atoms with Crippen LogP contribution >= 0.6 is 0 Å². The third kappa shape index (κ3) is 9.14. The Hall–Kier alpha value is -1.44. The summed E-state index contributed by atoms with van der Waals surface area (Å²) < 4.78 is 0. The molecular weight excluding hydrogens is 364 g/mol. The van der Waals surface area contributed by atoms with E-state index in [0.29, 0.717) is 21.7 Å². The van der Waals surface area contributed by atoms with E-state index in [-0.39, 0.29) is 0 Å². The van der Waals surface area contributed by atoms with Crippen LogP contribution in [0.15, 0.2) is 24.5 Å². The second-order valence-electron chi connectivity index (χ2n) is 13.7. The van der Waals surface area contributed by atoms with Crippen LogP contribution in [-0.2, 0) is 25.7 Å². The molecule has 0 saturated heterocycles. The minimum absolute atomic E-state index is 0.313. The van der Waals surface area contributed by atoms with Gasteiger partial charge >= 0.3 is 0 Å². The van der Waals surface area contributed by atoms with Gasteiger partial charge in [0.05, 0.1) is 0 Å². The second kappa shape index (κ2) is 8.97. The van der Waals surface area contributed by atoms with E-state index in [4.69, 9.17) is 0 Å². The Kier molecular flexibility index (Phi) is 7.42. The van der Waals surface area contributed by atoms with E-state index in [0.717, 1.165) is 25.7 Å². The van der Waals surface area contributed by atoms with Crippen LogP contribution in [0.2, 0.25) is 0 Å². The predicted octanol–water partition coefficient (Wildman–Crippen LogP) is 8.14. The quantitative estimate of drug-likeness (QED) is 0.416. The highest BCUT2D eigenvalue weighted by molar-refractivity contribution is 5.20. The fraction of sp³-hybridized carbons (Fsp3) is 0.714. The predicted molar refractivity (Wildman–Crippen MR) is 132 cm³/mol. The first-order valence-corrected chi connectivity index (χ1v) is 11.8. The number of aromatic amines is 2. The van der Waals surface area contributed by atoms with Gasteiger partial charge in [0, 0.05) is 23.8 Å². The van der Waals surface area contributed by atoms with Crippen LogP contribution in [0.1, 0.15) is 105 Å². The van der Waals surface area contributed by atoms with Gasteiger partial charge in [-0.2, -0.15) is 0 Å². The van der Waals surface area contributed by atoms with Gasteiger partial charge < -0.3 is 9.97 Å². The molecule has 170 valence electrons. The first-order valence-electron chi connectivity index (χ1n) is 11.8. The summed E-state index contributed by atoms with van der Waals surface area (Å²) in [7, 11) is 0. The molecule has 2 N–H and O–H groups in total. The lowest BCUT2D eigenvalue weighted by Crippen LogP contribution is -2.21. The first kappa shape index (κ1) is 24.8. The zero-order valence-electron chi connectivity index (χ0n) is 21.6. The fourth-order valence-corrected chi connectivity index (χ4v) is 4.49. The van der Waals surface area contributed by atoms with Gasteiger partial charge in [-0.25, -0.2) is 0 Å². The molecule has 0 fully saturated rings. The highest BCUT2D eigenvalue weighted by Gasteiger charge is 2.26. The van der Waals surface area contributed by atoms with Crippen molar-refractivity contribution in [1.29, 1.82) is 0 Å². The molecule has 2 aromatic rings. The van der Waals surface area contributed by atoms with Crippen molar-refractivity contribution >= 4 is 0 Å². The maximum Gasteiger partial charge on any atom is 0.0155 e. The SMILES string of the molecule is CC(C)(C)Cc1cc(CC(C)(C)CCC(C)(C)Cc2c[nH]c(CC(C)(C)C)c2)c[nH]1. The normalized spacial score (nSPS) is 13.8. The Morgan fingerprint density at radius 3 is 1.17 bits per heavy atom. The summed E-state index contributed by atoms with van der Waals surface area (Å²) in [6.45, 7) is 23.5. The van der Waals surface area contributed by atoms with Crippen molar-refractivity contribution < 1.29 is 0 Å². The molecule has 30 heavy (non-hydrogen) atoms. The van der Waals surface area contributed by atoms with Crippen LogP contribution in [0.3, 0.4) is 0 Å². The van der Waals surface area contributed by atoms with Crippen LogP contribution in [0.4, 0.5) is 0 Å². The van der Waals surface area contributed by atoms with Crippen LogP contribution in [0.5, 0.6) is 0 Å². The molecule has 0 saturated carbocycles. The number of aromatic nitrogens is 2. The highest BCUT2D eigenvalue weighted by atomic mass is 14.7. The smallest absolute Gasteiger partial charge is 0.0155 e. The van der Waals surface area contributed by atoms with E-state index >= 15 is 0 Å². The van der Waals surface area contributed by atoms with Crippen LogP contribution in [0.25, 0.3) is 0 Å². The van der Waals surface area contributed by atoms with E-state index in [2.05, 4.69) is 104 Å². The highest BCUT2D eigenvalue weighted by Crippen LogP contribution is 2.36. The molecule has 0 aliphatic carbocycles. The average molecular weight is 413 g/mol. The molecule has 2 aromatic heterocycles. The Bertz CT molecular complexity index is 719. The van der Waals surface area contributed by atoms with E-state index in [1.54, 1.807) is 0 Å². The molecule has 2 nitrogen and oxygen atoms in total. The number of rotatable bonds is 9. The van der Waals surface area contributed by atoms with Gasteiger partial charge in [-0.05, 0) is 83.4 Å². The topological polar surface area (TPSA) is 31.6 Å². The van der Waals surface area contributed by atoms with Gasteiger partial charge in [-0.3, -0.25) is 0 Å². The van der Waals surface area contributed by atoms with E-state index in [1.807, 2.05) is 0 Å². The molecule has 0 aromatic carbocycles. The minimum Gasteiger partial charge on any atom is -0.365 e. The van der Waals surface area contributed by atoms with Crippen molar-refractivity contribution in [2.45, 2.75) is 108 Å². The summed E-state index contributed by atoms with van der Waals surface area (Å²) in [5.41, 5.74) is 6.92. The van der Waals surface area contributed by atoms with Crippen molar-refractivity contribution in [1.82, 2.24) is 9.97 Å². The van der Waals surface area contributed by atoms with E-state index in [9.17, 15) is 0 Å². The van der Waals surface area contributed by atoms with Gasteiger partial charge in [0.15, 0.2) is 0 Å². The van der Waals surface area contributed by atoms with Crippen molar-refractivity contribution in [2.75, 3.05) is 0 Å². The maximum atomic E-state index is 3.50. The number of H-pyrrole nitrogens is 2. The zero-order chi connectivity index (χ0) is 22.8. The van der Waals surface area contributed by atoms with Gasteiger partial charge in [-0.1, -0.05) is 69.2 Å². The van der Waals surface area contributed by atoms with Gasteiger partial charge in [0.2, 0.25) is 0 Å². The summed E-state index contributed by atoms with van der Waals surface area (Å²) in [6, 6.07) is 4.77. The third-order valence-corrected chi connectivity index (χ3v) is 5.89. The van der Waals surface area contributed by atoms with Gasteiger partial charge in [-0.15, -0.1) is 0 Å². The minimum atomic E-state index is 0.313. The molecule has 2 rings (SSSR count). The monoisotopic (exact) mass is 412 g/mol. The van der Waals surface area contributed by atoms with Gasteiger partial charge in [0.25, 0.3) is 0 Å². The van der Waals surface area contributed by atoms with E-state index < -0.39 is 0 Å². The second-order valence-corrected chi connectivity index (χ2v) is 13.7. The van der Waals surface area contributed by atoms with Crippen molar-refractivity contribution in [3.8, 4) is 0 Å². The number of hydrogen-bond donors (Lipinski definition) is 2. The summed E-state index contributed by atoms with van der Waals surface area (Å²) >= 11 is 0. The van der Waals surface area contributed by atoms with Crippen molar-refractivity contribution in [3.63, 3.8) is 0 Å². The summed E-state index contributed by atoms with van der Waals surface area (Å²) in [4.78, 5) is 7.01. The van der Waals surface area contributed by atoms with Crippen LogP contribution in [-0.4, -0.2) is 9.97 Å². The Morgan fingerprint density at radius 2 is 0.867 bits per heavy atom. The Morgan fingerprint density at radius 1 is 0.533 bits per heavy atom. The van der Waals surface area contributed by atoms with Crippen LogP contribution < -0.4 is 0 Å². The third-order valence-electron chi connectivity index (χ3n) is 5.89. The molecule has 2 heterocycles. The molecule has 2 heteroatoms. The standard InChI is InChI=1S/C28H48N2/c1-25(2,3)17-23-13-21(19-29-23)15-27(7,8)11-12-28(9,10)16-22-14-24(30-20-22)18-26(4,5)6/h13-14,19-20,29-30H,11-12,15-18H2,1-10H3. The van der Waals surface area contributed by atoms with Crippen molar-refractivity contribution in [3.05, 3.63) is 47.0 Å². The number of nitrogens with one attached hydrogen (secondary N) is 2. The molecule has 0 aliphatic rings. The molecule has 0 aliphatic heterocycles. The van der Waals surface area contributed by atoms with Crippen molar-refractivity contribution in [2.24, 2.45) is 21.7 Å². The zero-order valence-corrected chi connectivity index (χ0v) is 21.6. The molecule has 0 atom stereocenters. The molecule has 0 amide bonds. The molecule has 0 bridgehead atoms. The van der Waals surface area contributed by atoms with E-state index in [1.165, 1.54) is 35.4 Å². The Balaban J connectivity index is 1.89. The summed E-state index contributed by atoms with van der Waals surface area (Å²) in [5.74, 6) is 0. The fourth-order valence-electron chi connectivity index (χ4n) is 4.49. The lowest BCUT2D eigenvalue weighted by Gasteiger charge is -2.31. The lowest BCUT2D eigenvalue weighted by atomic mass is 9.74. The van der Waals surface area contributed by atoms with Gasteiger partial charge in [0.1, 0.15) is 0 Å². The van der Waals surface area contributed by atoms with Crippen LogP contribution in [0, 0.1) is 21.7 Å². The molecular formula is C28H48N2. The lowest BCUT2D eigenvalue weighted by molar-refractivity contribution is 0.236. The average Bonchev–Trinajstić information content (AvgIpc) is 3.11. The Labute approximate surface area is 186 Å².